The molecule has 0 radical (unpaired) electrons. The van der Waals surface area contributed by atoms with Gasteiger partial charge in [0.05, 0.1) is 6.10 Å². The van der Waals surface area contributed by atoms with Crippen molar-refractivity contribution in [1.29, 1.82) is 0 Å². The molecule has 0 fully saturated rings. The van der Waals surface area contributed by atoms with Crippen LogP contribution in [0.1, 0.15) is 24.2 Å². The number of nitrogen functional groups attached to an aromatic ring is 1. The van der Waals surface area contributed by atoms with Gasteiger partial charge in [-0.1, -0.05) is 24.3 Å². The highest BCUT2D eigenvalue weighted by Crippen LogP contribution is 2.19. The number of aromatic amines is 1. The van der Waals surface area contributed by atoms with Crippen molar-refractivity contribution in [2.24, 2.45) is 0 Å². The summed E-state index contributed by atoms with van der Waals surface area (Å²) in [7, 11) is 0. The molecular formula is C18H22N4O. The zero-order chi connectivity index (χ0) is 16.2. The first-order valence-corrected chi connectivity index (χ1v) is 7.81. The van der Waals surface area contributed by atoms with Crippen molar-refractivity contribution in [2.75, 3.05) is 12.3 Å². The topological polar surface area (TPSA) is 87.0 Å². The van der Waals surface area contributed by atoms with Crippen molar-refractivity contribution in [3.05, 3.63) is 59.9 Å². The van der Waals surface area contributed by atoms with Crippen LogP contribution in [0.3, 0.4) is 0 Å². The largest absolute Gasteiger partial charge is 0.387 e. The Labute approximate surface area is 135 Å². The molecule has 5 nitrogen and oxygen atoms in total. The van der Waals surface area contributed by atoms with Gasteiger partial charge in [-0.15, -0.1) is 0 Å². The van der Waals surface area contributed by atoms with E-state index in [2.05, 4.69) is 46.6 Å². The number of para-hydroxylation sites is 1. The fourth-order valence-corrected chi connectivity index (χ4v) is 2.75. The predicted molar refractivity (Wildman–Crippen MR) is 93.1 cm³/mol. The number of nitrogens with zero attached hydrogens (tertiary/aromatic N) is 1. The highest BCUT2D eigenvalue weighted by molar-refractivity contribution is 5.83. The summed E-state index contributed by atoms with van der Waals surface area (Å²) in [5, 5.41) is 14.8. The number of anilines is 1. The molecule has 3 aromatic rings. The van der Waals surface area contributed by atoms with E-state index in [1.165, 1.54) is 10.9 Å². The van der Waals surface area contributed by atoms with Crippen LogP contribution in [0.2, 0.25) is 0 Å². The zero-order valence-corrected chi connectivity index (χ0v) is 13.2. The standard InChI is InChI=1S/C18H22N4O/c1-12(8-14-10-21-16-5-3-2-4-15(14)16)20-11-17(23)13-6-7-18(19)22-9-13/h2-7,9-10,12,17,20-21,23H,8,11H2,1H3,(H2,19,22)/t12-,17?/m1/s1. The number of pyridine rings is 1. The number of aliphatic hydroxyl groups excluding tert-OH is 1. The Kier molecular flexibility index (Phi) is 4.60. The Morgan fingerprint density at radius 3 is 2.87 bits per heavy atom. The molecule has 0 spiro atoms. The van der Waals surface area contributed by atoms with E-state index in [4.69, 9.17) is 5.73 Å². The summed E-state index contributed by atoms with van der Waals surface area (Å²) in [6.45, 7) is 2.60. The molecule has 5 N–H and O–H groups in total. The Hall–Kier alpha value is -2.37. The summed E-state index contributed by atoms with van der Waals surface area (Å²) in [4.78, 5) is 7.30. The van der Waals surface area contributed by atoms with E-state index in [1.807, 2.05) is 6.07 Å². The molecule has 0 aliphatic rings. The molecule has 0 aliphatic heterocycles. The number of aliphatic hydroxyl groups is 1. The molecule has 120 valence electrons. The molecule has 5 heteroatoms. The van der Waals surface area contributed by atoms with E-state index in [-0.39, 0.29) is 6.04 Å². The number of hydrogen-bond acceptors (Lipinski definition) is 4. The molecule has 3 rings (SSSR count). The van der Waals surface area contributed by atoms with Crippen molar-refractivity contribution in [3.8, 4) is 0 Å². The van der Waals surface area contributed by atoms with Crippen molar-refractivity contribution in [2.45, 2.75) is 25.5 Å². The van der Waals surface area contributed by atoms with Gasteiger partial charge in [0.1, 0.15) is 5.82 Å². The predicted octanol–water partition coefficient (Wildman–Crippen LogP) is 2.40. The van der Waals surface area contributed by atoms with E-state index < -0.39 is 6.10 Å². The molecule has 23 heavy (non-hydrogen) atoms. The van der Waals surface area contributed by atoms with Crippen molar-refractivity contribution in [1.82, 2.24) is 15.3 Å². The van der Waals surface area contributed by atoms with Gasteiger partial charge in [0.25, 0.3) is 0 Å². The molecule has 1 aromatic carbocycles. The van der Waals surface area contributed by atoms with Gasteiger partial charge in [-0.25, -0.2) is 4.98 Å². The van der Waals surface area contributed by atoms with Gasteiger partial charge < -0.3 is 21.1 Å². The monoisotopic (exact) mass is 310 g/mol. The number of benzene rings is 1. The summed E-state index contributed by atoms with van der Waals surface area (Å²) < 4.78 is 0. The maximum Gasteiger partial charge on any atom is 0.123 e. The number of aromatic nitrogens is 2. The Morgan fingerprint density at radius 2 is 2.09 bits per heavy atom. The highest BCUT2D eigenvalue weighted by Gasteiger charge is 2.12. The number of nitrogens with two attached hydrogens (primary N) is 1. The first-order valence-electron chi connectivity index (χ1n) is 7.81. The molecule has 0 saturated heterocycles. The average molecular weight is 310 g/mol. The molecule has 0 saturated carbocycles. The minimum Gasteiger partial charge on any atom is -0.387 e. The number of H-pyrrole nitrogens is 1. The summed E-state index contributed by atoms with van der Waals surface area (Å²) in [5.41, 5.74) is 8.77. The minimum atomic E-state index is -0.589. The lowest BCUT2D eigenvalue weighted by Crippen LogP contribution is -2.32. The lowest BCUT2D eigenvalue weighted by atomic mass is 10.1. The maximum absolute atomic E-state index is 10.2. The van der Waals surface area contributed by atoms with E-state index in [1.54, 1.807) is 18.3 Å². The van der Waals surface area contributed by atoms with Gasteiger partial charge in [-0.3, -0.25) is 0 Å². The fraction of sp³-hybridized carbons (Fsp3) is 0.278. The normalized spacial score (nSPS) is 14.0. The van der Waals surface area contributed by atoms with Crippen LogP contribution in [0.5, 0.6) is 0 Å². The van der Waals surface area contributed by atoms with Crippen LogP contribution < -0.4 is 11.1 Å². The Bertz CT molecular complexity index is 766. The molecule has 0 aliphatic carbocycles. The Balaban J connectivity index is 1.57. The summed E-state index contributed by atoms with van der Waals surface area (Å²) in [6.07, 6.45) is 3.99. The summed E-state index contributed by atoms with van der Waals surface area (Å²) in [6, 6.07) is 12.0. The second-order valence-corrected chi connectivity index (χ2v) is 5.91. The SMILES string of the molecule is C[C@H](Cc1c[nH]c2ccccc12)NCC(O)c1ccc(N)nc1. The molecule has 2 atom stereocenters. The maximum atomic E-state index is 10.2. The quantitative estimate of drug-likeness (QED) is 0.563. The second-order valence-electron chi connectivity index (χ2n) is 5.91. The third-order valence-corrected chi connectivity index (χ3v) is 4.05. The lowest BCUT2D eigenvalue weighted by Gasteiger charge is -2.17. The first kappa shape index (κ1) is 15.5. The molecular weight excluding hydrogens is 288 g/mol. The van der Waals surface area contributed by atoms with Crippen LogP contribution in [0.15, 0.2) is 48.8 Å². The van der Waals surface area contributed by atoms with E-state index in [0.717, 1.165) is 17.5 Å². The smallest absolute Gasteiger partial charge is 0.123 e. The van der Waals surface area contributed by atoms with Crippen LogP contribution in [0, 0.1) is 0 Å². The van der Waals surface area contributed by atoms with Crippen molar-refractivity contribution >= 4 is 16.7 Å². The van der Waals surface area contributed by atoms with Gasteiger partial charge in [-0.2, -0.15) is 0 Å². The first-order chi connectivity index (χ1) is 11.1. The van der Waals surface area contributed by atoms with Gasteiger partial charge in [0.2, 0.25) is 0 Å². The Morgan fingerprint density at radius 1 is 1.26 bits per heavy atom. The number of fused-ring (bicyclic) bond motifs is 1. The van der Waals surface area contributed by atoms with Gasteiger partial charge in [-0.05, 0) is 31.0 Å². The zero-order valence-electron chi connectivity index (χ0n) is 13.2. The van der Waals surface area contributed by atoms with E-state index >= 15 is 0 Å². The van der Waals surface area contributed by atoms with E-state index in [9.17, 15) is 5.11 Å². The van der Waals surface area contributed by atoms with Crippen molar-refractivity contribution < 1.29 is 5.11 Å². The lowest BCUT2D eigenvalue weighted by molar-refractivity contribution is 0.170. The van der Waals surface area contributed by atoms with E-state index in [0.29, 0.717) is 12.4 Å². The molecule has 2 heterocycles. The van der Waals surface area contributed by atoms with Gasteiger partial charge >= 0.3 is 0 Å². The van der Waals surface area contributed by atoms with Crippen LogP contribution in [0.4, 0.5) is 5.82 Å². The second kappa shape index (κ2) is 6.81. The third-order valence-electron chi connectivity index (χ3n) is 4.05. The van der Waals surface area contributed by atoms with Crippen LogP contribution >= 0.6 is 0 Å². The number of nitrogens with one attached hydrogen (secondary N) is 2. The molecule has 0 amide bonds. The van der Waals surface area contributed by atoms with Gasteiger partial charge in [0, 0.05) is 41.4 Å². The van der Waals surface area contributed by atoms with Gasteiger partial charge in [0.15, 0.2) is 0 Å². The van der Waals surface area contributed by atoms with Crippen LogP contribution in [-0.4, -0.2) is 27.7 Å². The number of hydrogen-bond donors (Lipinski definition) is 4. The molecule has 1 unspecified atom stereocenters. The number of rotatable bonds is 6. The third kappa shape index (κ3) is 3.70. The summed E-state index contributed by atoms with van der Waals surface area (Å²) >= 11 is 0. The fourth-order valence-electron chi connectivity index (χ4n) is 2.75. The minimum absolute atomic E-state index is 0.255. The van der Waals surface area contributed by atoms with Crippen molar-refractivity contribution in [3.63, 3.8) is 0 Å². The van der Waals surface area contributed by atoms with Crippen LogP contribution in [0.25, 0.3) is 10.9 Å². The molecule has 0 bridgehead atoms. The summed E-state index contributed by atoms with van der Waals surface area (Å²) in [5.74, 6) is 0.460. The van der Waals surface area contributed by atoms with Crippen LogP contribution in [-0.2, 0) is 6.42 Å². The molecule has 2 aromatic heterocycles. The average Bonchev–Trinajstić information content (AvgIpc) is 2.96. The highest BCUT2D eigenvalue weighted by atomic mass is 16.3.